The minimum Gasteiger partial charge on any atom is -0.493 e. The zero-order valence-electron chi connectivity index (χ0n) is 14.8. The minimum absolute atomic E-state index is 0.253. The number of ether oxygens (including phenoxy) is 2. The smallest absolute Gasteiger partial charge is 0.255 e. The molecule has 0 aliphatic heterocycles. The van der Waals surface area contributed by atoms with Gasteiger partial charge >= 0.3 is 0 Å². The average Bonchev–Trinajstić information content (AvgIpc) is 2.60. The second-order valence-electron chi connectivity index (χ2n) is 5.85. The first-order chi connectivity index (χ1) is 12.0. The number of para-hydroxylation sites is 1. The van der Waals surface area contributed by atoms with Crippen molar-refractivity contribution >= 4 is 35.0 Å². The first-order valence-electron chi connectivity index (χ1n) is 7.91. The maximum atomic E-state index is 12.6. The quantitative estimate of drug-likeness (QED) is 0.658. The lowest BCUT2D eigenvalue weighted by atomic mass is 10.1. The zero-order valence-corrected chi connectivity index (χ0v) is 16.3. The molecule has 25 heavy (non-hydrogen) atoms. The monoisotopic (exact) mass is 379 g/mol. The molecule has 0 saturated heterocycles. The van der Waals surface area contributed by atoms with E-state index in [1.54, 1.807) is 23.9 Å². The van der Waals surface area contributed by atoms with Crippen LogP contribution in [0.1, 0.15) is 24.2 Å². The Hall–Kier alpha value is -1.85. The van der Waals surface area contributed by atoms with E-state index in [4.69, 9.17) is 21.1 Å². The van der Waals surface area contributed by atoms with Gasteiger partial charge in [0, 0.05) is 10.5 Å². The molecule has 0 radical (unpaired) electrons. The lowest BCUT2D eigenvalue weighted by molar-refractivity contribution is 0.102. The Kier molecular flexibility index (Phi) is 7.02. The number of hydrogen-bond acceptors (Lipinski definition) is 4. The van der Waals surface area contributed by atoms with Crippen molar-refractivity contribution in [1.29, 1.82) is 0 Å². The number of hydrogen-bond donors (Lipinski definition) is 1. The molecule has 2 aromatic rings. The van der Waals surface area contributed by atoms with Crippen LogP contribution in [0.15, 0.2) is 41.3 Å². The predicted molar refractivity (Wildman–Crippen MR) is 105 cm³/mol. The van der Waals surface area contributed by atoms with E-state index >= 15 is 0 Å². The zero-order chi connectivity index (χ0) is 18.4. The fraction of sp³-hybridized carbons (Fsp3) is 0.316. The summed E-state index contributed by atoms with van der Waals surface area (Å²) in [5.74, 6) is 0.999. The summed E-state index contributed by atoms with van der Waals surface area (Å²) in [5, 5.41) is 3.26. The number of amides is 1. The topological polar surface area (TPSA) is 47.6 Å². The fourth-order valence-electron chi connectivity index (χ4n) is 2.18. The number of carbonyl (C=O) groups excluding carboxylic acids is 1. The SMILES string of the molecule is COc1cc(C(=O)Nc2ccccc2SC)cc(Cl)c1OCC(C)C. The molecule has 0 aliphatic carbocycles. The largest absolute Gasteiger partial charge is 0.493 e. The van der Waals surface area contributed by atoms with Crippen LogP contribution in [0.3, 0.4) is 0 Å². The third-order valence-electron chi connectivity index (χ3n) is 3.41. The molecule has 0 bridgehead atoms. The fourth-order valence-corrected chi connectivity index (χ4v) is 3.00. The van der Waals surface area contributed by atoms with Crippen molar-refractivity contribution in [2.45, 2.75) is 18.7 Å². The molecule has 2 rings (SSSR count). The molecule has 0 heterocycles. The summed E-state index contributed by atoms with van der Waals surface area (Å²) in [6, 6.07) is 10.9. The van der Waals surface area contributed by atoms with Gasteiger partial charge in [0.05, 0.1) is 24.4 Å². The number of nitrogens with one attached hydrogen (secondary N) is 1. The Morgan fingerprint density at radius 1 is 1.28 bits per heavy atom. The second kappa shape index (κ2) is 9.02. The first kappa shape index (κ1) is 19.5. The van der Waals surface area contributed by atoms with Crippen LogP contribution in [0.5, 0.6) is 11.5 Å². The maximum absolute atomic E-state index is 12.6. The molecule has 0 saturated carbocycles. The summed E-state index contributed by atoms with van der Waals surface area (Å²) in [4.78, 5) is 13.6. The van der Waals surface area contributed by atoms with Crippen LogP contribution >= 0.6 is 23.4 Å². The third kappa shape index (κ3) is 5.06. The Morgan fingerprint density at radius 2 is 2.00 bits per heavy atom. The Bertz CT molecular complexity index is 749. The van der Waals surface area contributed by atoms with Gasteiger partial charge in [0.2, 0.25) is 0 Å². The molecule has 0 unspecified atom stereocenters. The van der Waals surface area contributed by atoms with Crippen LogP contribution < -0.4 is 14.8 Å². The molecular formula is C19H22ClNO3S. The van der Waals surface area contributed by atoms with Gasteiger partial charge in [0.25, 0.3) is 5.91 Å². The van der Waals surface area contributed by atoms with Gasteiger partial charge in [-0.1, -0.05) is 37.6 Å². The number of carbonyl (C=O) groups is 1. The molecule has 0 fully saturated rings. The summed E-state index contributed by atoms with van der Waals surface area (Å²) >= 11 is 7.88. The van der Waals surface area contributed by atoms with Crippen molar-refractivity contribution in [1.82, 2.24) is 0 Å². The van der Waals surface area contributed by atoms with Gasteiger partial charge in [-0.05, 0) is 36.4 Å². The molecule has 134 valence electrons. The number of methoxy groups -OCH3 is 1. The Morgan fingerprint density at radius 3 is 2.64 bits per heavy atom. The number of anilines is 1. The second-order valence-corrected chi connectivity index (χ2v) is 7.10. The summed E-state index contributed by atoms with van der Waals surface area (Å²) in [6.45, 7) is 4.61. The first-order valence-corrected chi connectivity index (χ1v) is 9.51. The highest BCUT2D eigenvalue weighted by Gasteiger charge is 2.17. The molecule has 2 aromatic carbocycles. The Labute approximate surface area is 157 Å². The van der Waals surface area contributed by atoms with Gasteiger partial charge in [-0.2, -0.15) is 0 Å². The number of benzene rings is 2. The molecule has 1 N–H and O–H groups in total. The van der Waals surface area contributed by atoms with Crippen LogP contribution in [-0.4, -0.2) is 25.9 Å². The lowest BCUT2D eigenvalue weighted by Crippen LogP contribution is -2.13. The predicted octanol–water partition coefficient (Wildman–Crippen LogP) is 5.36. The molecule has 6 heteroatoms. The van der Waals surface area contributed by atoms with E-state index in [0.717, 1.165) is 10.6 Å². The maximum Gasteiger partial charge on any atom is 0.255 e. The van der Waals surface area contributed by atoms with Crippen LogP contribution in [0, 0.1) is 5.92 Å². The standard InChI is InChI=1S/C19H22ClNO3S/c1-12(2)11-24-18-14(20)9-13(10-16(18)23-3)19(22)21-15-7-5-6-8-17(15)25-4/h5-10,12H,11H2,1-4H3,(H,21,22). The van der Waals surface area contributed by atoms with Gasteiger partial charge in [-0.15, -0.1) is 11.8 Å². The number of halogens is 1. The highest BCUT2D eigenvalue weighted by Crippen LogP contribution is 2.37. The van der Waals surface area contributed by atoms with Crippen molar-refractivity contribution in [3.8, 4) is 11.5 Å². The van der Waals surface area contributed by atoms with Gasteiger partial charge in [-0.25, -0.2) is 0 Å². The number of rotatable bonds is 7. The average molecular weight is 380 g/mol. The van der Waals surface area contributed by atoms with E-state index in [1.165, 1.54) is 7.11 Å². The highest BCUT2D eigenvalue weighted by atomic mass is 35.5. The molecule has 0 aliphatic rings. The number of thioether (sulfide) groups is 1. The molecule has 0 atom stereocenters. The van der Waals surface area contributed by atoms with Gasteiger partial charge in [-0.3, -0.25) is 4.79 Å². The summed E-state index contributed by atoms with van der Waals surface area (Å²) in [7, 11) is 1.53. The minimum atomic E-state index is -0.253. The van der Waals surface area contributed by atoms with Gasteiger partial charge in [0.1, 0.15) is 0 Å². The Balaban J connectivity index is 2.26. The van der Waals surface area contributed by atoms with E-state index in [-0.39, 0.29) is 5.91 Å². The molecule has 1 amide bonds. The molecular weight excluding hydrogens is 358 g/mol. The summed E-state index contributed by atoms with van der Waals surface area (Å²) < 4.78 is 11.1. The van der Waals surface area contributed by atoms with E-state index < -0.39 is 0 Å². The van der Waals surface area contributed by atoms with E-state index in [2.05, 4.69) is 5.32 Å². The van der Waals surface area contributed by atoms with Gasteiger partial charge < -0.3 is 14.8 Å². The molecule has 4 nitrogen and oxygen atoms in total. The summed E-state index contributed by atoms with van der Waals surface area (Å²) in [6.07, 6.45) is 1.96. The molecule has 0 aromatic heterocycles. The van der Waals surface area contributed by atoms with Crippen molar-refractivity contribution in [3.05, 3.63) is 47.0 Å². The van der Waals surface area contributed by atoms with E-state index in [0.29, 0.717) is 34.6 Å². The van der Waals surface area contributed by atoms with Crippen molar-refractivity contribution < 1.29 is 14.3 Å². The van der Waals surface area contributed by atoms with Crippen molar-refractivity contribution in [2.75, 3.05) is 25.3 Å². The van der Waals surface area contributed by atoms with Crippen LogP contribution in [-0.2, 0) is 0 Å². The van der Waals surface area contributed by atoms with Crippen LogP contribution in [0.4, 0.5) is 5.69 Å². The lowest BCUT2D eigenvalue weighted by Gasteiger charge is -2.16. The van der Waals surface area contributed by atoms with Crippen LogP contribution in [0.2, 0.25) is 5.02 Å². The van der Waals surface area contributed by atoms with Gasteiger partial charge in [0.15, 0.2) is 11.5 Å². The normalized spacial score (nSPS) is 10.6. The van der Waals surface area contributed by atoms with Crippen molar-refractivity contribution in [2.24, 2.45) is 5.92 Å². The van der Waals surface area contributed by atoms with E-state index in [1.807, 2.05) is 44.4 Å². The summed E-state index contributed by atoms with van der Waals surface area (Å²) in [5.41, 5.74) is 1.17. The van der Waals surface area contributed by atoms with E-state index in [9.17, 15) is 4.79 Å². The molecule has 0 spiro atoms. The highest BCUT2D eigenvalue weighted by molar-refractivity contribution is 7.98. The van der Waals surface area contributed by atoms with Crippen molar-refractivity contribution in [3.63, 3.8) is 0 Å². The van der Waals surface area contributed by atoms with Crippen LogP contribution in [0.25, 0.3) is 0 Å². The third-order valence-corrected chi connectivity index (χ3v) is 4.48.